The number of ketones is 1. The lowest BCUT2D eigenvalue weighted by molar-refractivity contribution is -0.126. The van der Waals surface area contributed by atoms with Crippen LogP contribution in [0.15, 0.2) is 0 Å². The van der Waals surface area contributed by atoms with Crippen LogP contribution in [0.2, 0.25) is 0 Å². The van der Waals surface area contributed by atoms with Crippen molar-refractivity contribution < 1.29 is 9.53 Å². The molecule has 0 radical (unpaired) electrons. The molecule has 0 amide bonds. The maximum atomic E-state index is 12.4. The van der Waals surface area contributed by atoms with Crippen molar-refractivity contribution in [2.75, 3.05) is 6.61 Å². The van der Waals surface area contributed by atoms with Crippen LogP contribution in [-0.2, 0) is 9.53 Å². The van der Waals surface area contributed by atoms with Crippen LogP contribution in [0.25, 0.3) is 0 Å². The zero-order valence-corrected chi connectivity index (χ0v) is 16.3. The molecule has 5 fully saturated rings. The average Bonchev–Trinajstić information content (AvgIpc) is 3.39. The molecule has 140 valence electrons. The van der Waals surface area contributed by atoms with Gasteiger partial charge in [-0.2, -0.15) is 0 Å². The van der Waals surface area contributed by atoms with Gasteiger partial charge >= 0.3 is 0 Å². The number of hydrogen-bond donors (Lipinski definition) is 0. The molecule has 0 aromatic carbocycles. The highest BCUT2D eigenvalue weighted by Crippen LogP contribution is 2.67. The summed E-state index contributed by atoms with van der Waals surface area (Å²) in [6.45, 7) is 5.91. The molecule has 25 heavy (non-hydrogen) atoms. The predicted molar refractivity (Wildman–Crippen MR) is 99.2 cm³/mol. The van der Waals surface area contributed by atoms with Crippen molar-refractivity contribution in [3.05, 3.63) is 0 Å². The molecule has 0 N–H and O–H groups in total. The van der Waals surface area contributed by atoms with Crippen molar-refractivity contribution >= 4 is 5.78 Å². The molecule has 8 atom stereocenters. The van der Waals surface area contributed by atoms with Crippen molar-refractivity contribution in [1.82, 2.24) is 0 Å². The van der Waals surface area contributed by atoms with E-state index in [4.69, 9.17) is 4.74 Å². The van der Waals surface area contributed by atoms with Crippen LogP contribution in [0.3, 0.4) is 0 Å². The monoisotopic (exact) mass is 344 g/mol. The van der Waals surface area contributed by atoms with Gasteiger partial charge in [0.05, 0.1) is 6.61 Å². The standard InChI is InChI=1S/C23H36O2/c1-22-11-4-3-5-15(22)6-8-17-18-9-7-16(13-20(24)21-14-25-21)23(18,2)12-10-19(17)22/h15-19,21H,3-14H2,1-2H3. The SMILES string of the molecule is CC12CCCCC1CCC1C2CCC2(C)C(CC(=O)C3CO3)CCC12. The van der Waals surface area contributed by atoms with E-state index < -0.39 is 0 Å². The molecule has 4 saturated carbocycles. The van der Waals surface area contributed by atoms with E-state index in [1.54, 1.807) is 0 Å². The number of hydrogen-bond acceptors (Lipinski definition) is 2. The topological polar surface area (TPSA) is 29.6 Å². The fourth-order valence-electron chi connectivity index (χ4n) is 8.35. The van der Waals surface area contributed by atoms with Crippen LogP contribution in [0.1, 0.15) is 84.5 Å². The molecule has 0 aromatic rings. The van der Waals surface area contributed by atoms with Gasteiger partial charge in [-0.05, 0) is 91.8 Å². The Balaban J connectivity index is 1.36. The Kier molecular flexibility index (Phi) is 3.90. The molecule has 1 aliphatic heterocycles. The van der Waals surface area contributed by atoms with E-state index in [-0.39, 0.29) is 6.10 Å². The predicted octanol–water partition coefficient (Wildman–Crippen LogP) is 5.39. The Morgan fingerprint density at radius 1 is 0.920 bits per heavy atom. The molecule has 4 aliphatic carbocycles. The van der Waals surface area contributed by atoms with E-state index in [2.05, 4.69) is 13.8 Å². The summed E-state index contributed by atoms with van der Waals surface area (Å²) in [5, 5.41) is 0. The van der Waals surface area contributed by atoms with Crippen molar-refractivity contribution in [3.63, 3.8) is 0 Å². The molecule has 0 bridgehead atoms. The maximum absolute atomic E-state index is 12.4. The van der Waals surface area contributed by atoms with Crippen LogP contribution in [0, 0.1) is 40.4 Å². The number of carbonyl (C=O) groups excluding carboxylic acids is 1. The summed E-state index contributed by atoms with van der Waals surface area (Å²) in [4.78, 5) is 12.4. The number of Topliss-reactive ketones (excluding diaryl/α,β-unsaturated/α-hetero) is 1. The Labute approximate surface area is 153 Å². The van der Waals surface area contributed by atoms with Crippen molar-refractivity contribution in [3.8, 4) is 0 Å². The highest BCUT2D eigenvalue weighted by Gasteiger charge is 2.59. The molecular formula is C23H36O2. The first-order valence-electron chi connectivity index (χ1n) is 11.2. The second-order valence-corrected chi connectivity index (χ2v) is 10.7. The third-order valence-electron chi connectivity index (χ3n) is 9.92. The largest absolute Gasteiger partial charge is 0.365 e. The molecule has 1 saturated heterocycles. The van der Waals surface area contributed by atoms with Crippen molar-refractivity contribution in [2.45, 2.75) is 90.6 Å². The summed E-state index contributed by atoms with van der Waals surface area (Å²) in [6.07, 6.45) is 15.2. The number of fused-ring (bicyclic) bond motifs is 5. The van der Waals surface area contributed by atoms with E-state index in [0.717, 1.165) is 30.1 Å². The first-order valence-corrected chi connectivity index (χ1v) is 11.2. The first-order chi connectivity index (χ1) is 12.0. The van der Waals surface area contributed by atoms with Gasteiger partial charge in [-0.1, -0.05) is 26.7 Å². The molecule has 1 heterocycles. The molecule has 2 heteroatoms. The van der Waals surface area contributed by atoms with E-state index in [1.165, 1.54) is 64.2 Å². The van der Waals surface area contributed by atoms with Gasteiger partial charge in [0.15, 0.2) is 5.78 Å². The van der Waals surface area contributed by atoms with Crippen LogP contribution in [0.5, 0.6) is 0 Å². The Morgan fingerprint density at radius 3 is 2.52 bits per heavy atom. The van der Waals surface area contributed by atoms with Crippen molar-refractivity contribution in [1.29, 1.82) is 0 Å². The fourth-order valence-corrected chi connectivity index (χ4v) is 8.35. The van der Waals surface area contributed by atoms with Gasteiger partial charge in [-0.25, -0.2) is 0 Å². The van der Waals surface area contributed by atoms with Gasteiger partial charge in [0.1, 0.15) is 6.10 Å². The van der Waals surface area contributed by atoms with Gasteiger partial charge in [0, 0.05) is 6.42 Å². The third-order valence-corrected chi connectivity index (χ3v) is 9.92. The quantitative estimate of drug-likeness (QED) is 0.642. The molecule has 0 spiro atoms. The minimum atomic E-state index is -0.0319. The number of epoxide rings is 1. The van der Waals surface area contributed by atoms with Gasteiger partial charge in [-0.15, -0.1) is 0 Å². The Morgan fingerprint density at radius 2 is 1.72 bits per heavy atom. The van der Waals surface area contributed by atoms with Gasteiger partial charge in [-0.3, -0.25) is 4.79 Å². The highest BCUT2D eigenvalue weighted by atomic mass is 16.6. The van der Waals surface area contributed by atoms with E-state index in [1.807, 2.05) is 0 Å². The van der Waals surface area contributed by atoms with Crippen LogP contribution in [0.4, 0.5) is 0 Å². The van der Waals surface area contributed by atoms with E-state index in [9.17, 15) is 4.79 Å². The maximum Gasteiger partial charge on any atom is 0.164 e. The second kappa shape index (κ2) is 5.81. The second-order valence-electron chi connectivity index (χ2n) is 10.7. The summed E-state index contributed by atoms with van der Waals surface area (Å²) in [5.74, 6) is 4.87. The molecule has 0 aromatic heterocycles. The first kappa shape index (κ1) is 16.8. The molecule has 2 nitrogen and oxygen atoms in total. The smallest absolute Gasteiger partial charge is 0.164 e. The molecule has 5 aliphatic rings. The summed E-state index contributed by atoms with van der Waals surface area (Å²) in [6, 6.07) is 0. The molecular weight excluding hydrogens is 308 g/mol. The lowest BCUT2D eigenvalue weighted by atomic mass is 9.45. The number of ether oxygens (including phenoxy) is 1. The number of carbonyl (C=O) groups is 1. The van der Waals surface area contributed by atoms with E-state index in [0.29, 0.717) is 29.1 Å². The van der Waals surface area contributed by atoms with Crippen LogP contribution >= 0.6 is 0 Å². The normalized spacial score (nSPS) is 54.3. The van der Waals surface area contributed by atoms with Gasteiger partial charge in [0.25, 0.3) is 0 Å². The molecule has 5 rings (SSSR count). The number of rotatable bonds is 3. The van der Waals surface area contributed by atoms with E-state index >= 15 is 0 Å². The minimum Gasteiger partial charge on any atom is -0.365 e. The fraction of sp³-hybridized carbons (Fsp3) is 0.957. The lowest BCUT2D eigenvalue weighted by Gasteiger charge is -2.60. The minimum absolute atomic E-state index is 0.0319. The summed E-state index contributed by atoms with van der Waals surface area (Å²) >= 11 is 0. The van der Waals surface area contributed by atoms with Gasteiger partial charge < -0.3 is 4.74 Å². The van der Waals surface area contributed by atoms with Crippen LogP contribution in [-0.4, -0.2) is 18.5 Å². The highest BCUT2D eigenvalue weighted by molar-refractivity contribution is 5.85. The summed E-state index contributed by atoms with van der Waals surface area (Å²) < 4.78 is 5.26. The molecule has 8 unspecified atom stereocenters. The van der Waals surface area contributed by atoms with Crippen LogP contribution < -0.4 is 0 Å². The third kappa shape index (κ3) is 2.49. The average molecular weight is 345 g/mol. The Hall–Kier alpha value is -0.370. The Bertz CT molecular complexity index is 552. The summed E-state index contributed by atoms with van der Waals surface area (Å²) in [5.41, 5.74) is 1.07. The van der Waals surface area contributed by atoms with Gasteiger partial charge in [0.2, 0.25) is 0 Å². The zero-order chi connectivity index (χ0) is 17.2. The van der Waals surface area contributed by atoms with Crippen molar-refractivity contribution in [2.24, 2.45) is 40.4 Å². The summed E-state index contributed by atoms with van der Waals surface area (Å²) in [7, 11) is 0. The zero-order valence-electron chi connectivity index (χ0n) is 16.3. The lowest BCUT2D eigenvalue weighted by Crippen LogP contribution is -2.52.